The fourth-order valence-corrected chi connectivity index (χ4v) is 4.30. The Hall–Kier alpha value is -3.52. The second kappa shape index (κ2) is 8.08. The van der Waals surface area contributed by atoms with Gasteiger partial charge in [0.15, 0.2) is 0 Å². The molecule has 0 aliphatic rings. The number of nitrogens with one attached hydrogen (secondary N) is 2. The van der Waals surface area contributed by atoms with Crippen LogP contribution < -0.4 is 5.32 Å². The van der Waals surface area contributed by atoms with Crippen molar-refractivity contribution in [3.63, 3.8) is 0 Å². The van der Waals surface area contributed by atoms with Crippen molar-refractivity contribution >= 4 is 34.1 Å². The zero-order valence-electron chi connectivity index (χ0n) is 16.0. The van der Waals surface area contributed by atoms with Gasteiger partial charge < -0.3 is 15.4 Å². The number of carboxylic acids is 1. The van der Waals surface area contributed by atoms with E-state index in [4.69, 9.17) is 0 Å². The van der Waals surface area contributed by atoms with Crippen LogP contribution in [0.5, 0.6) is 0 Å². The highest BCUT2D eigenvalue weighted by molar-refractivity contribution is 7.17. The minimum absolute atomic E-state index is 0.128. The molecule has 0 spiro atoms. The largest absolute Gasteiger partial charge is 0.480 e. The van der Waals surface area contributed by atoms with Gasteiger partial charge in [0.25, 0.3) is 5.91 Å². The van der Waals surface area contributed by atoms with E-state index in [1.807, 2.05) is 24.3 Å². The van der Waals surface area contributed by atoms with Gasteiger partial charge in [0.05, 0.1) is 5.69 Å². The number of carboxylic acid groups (broad SMARTS) is 1. The summed E-state index contributed by atoms with van der Waals surface area (Å²) < 4.78 is 14.1. The lowest BCUT2D eigenvalue weighted by atomic mass is 10.0. The summed E-state index contributed by atoms with van der Waals surface area (Å²) in [4.78, 5) is 32.3. The van der Waals surface area contributed by atoms with E-state index >= 15 is 0 Å². The van der Waals surface area contributed by atoms with Crippen molar-refractivity contribution in [1.82, 2.24) is 15.3 Å². The van der Waals surface area contributed by atoms with Crippen LogP contribution in [0.25, 0.3) is 21.5 Å². The van der Waals surface area contributed by atoms with Crippen LogP contribution in [-0.4, -0.2) is 33.0 Å². The summed E-state index contributed by atoms with van der Waals surface area (Å²) in [6, 6.07) is 12.6. The highest BCUT2D eigenvalue weighted by Gasteiger charge is 2.25. The first-order valence-corrected chi connectivity index (χ1v) is 10.1. The highest BCUT2D eigenvalue weighted by atomic mass is 32.1. The zero-order valence-corrected chi connectivity index (χ0v) is 16.8. The smallest absolute Gasteiger partial charge is 0.326 e. The monoisotopic (exact) mass is 423 g/mol. The van der Waals surface area contributed by atoms with Gasteiger partial charge in [-0.05, 0) is 30.7 Å². The maximum absolute atomic E-state index is 14.1. The van der Waals surface area contributed by atoms with Crippen LogP contribution in [0.4, 0.5) is 4.39 Å². The molecule has 0 bridgehead atoms. The van der Waals surface area contributed by atoms with Gasteiger partial charge in [0.2, 0.25) is 0 Å². The number of thiazole rings is 1. The van der Waals surface area contributed by atoms with Crippen molar-refractivity contribution in [3.05, 3.63) is 76.7 Å². The van der Waals surface area contributed by atoms with Crippen molar-refractivity contribution in [3.8, 4) is 10.6 Å². The van der Waals surface area contributed by atoms with Crippen LogP contribution in [0.2, 0.25) is 0 Å². The van der Waals surface area contributed by atoms with Gasteiger partial charge >= 0.3 is 5.97 Å². The Morgan fingerprint density at radius 1 is 1.20 bits per heavy atom. The fraction of sp³-hybridized carbons (Fsp3) is 0.136. The second-order valence-corrected chi connectivity index (χ2v) is 7.84. The van der Waals surface area contributed by atoms with Crippen LogP contribution in [0.1, 0.15) is 20.9 Å². The van der Waals surface area contributed by atoms with E-state index in [2.05, 4.69) is 15.3 Å². The number of amides is 1. The molecule has 8 heteroatoms. The summed E-state index contributed by atoms with van der Waals surface area (Å²) in [6.07, 6.45) is 1.88. The number of benzene rings is 2. The topological polar surface area (TPSA) is 95.1 Å². The van der Waals surface area contributed by atoms with Crippen LogP contribution >= 0.6 is 11.3 Å². The number of hydrogen-bond donors (Lipinski definition) is 3. The molecular weight excluding hydrogens is 405 g/mol. The molecule has 3 N–H and O–H groups in total. The number of fused-ring (bicyclic) bond motifs is 1. The van der Waals surface area contributed by atoms with E-state index in [-0.39, 0.29) is 11.3 Å². The summed E-state index contributed by atoms with van der Waals surface area (Å²) in [5.41, 5.74) is 2.42. The molecular formula is C22H18FN3O3S. The van der Waals surface area contributed by atoms with Crippen molar-refractivity contribution in [1.29, 1.82) is 0 Å². The molecule has 0 fully saturated rings. The molecule has 6 nitrogen and oxygen atoms in total. The number of carbonyl (C=O) groups excluding carboxylic acids is 1. The van der Waals surface area contributed by atoms with Crippen LogP contribution in [0.3, 0.4) is 0 Å². The van der Waals surface area contributed by atoms with Gasteiger partial charge in [-0.2, -0.15) is 0 Å². The Balaban J connectivity index is 1.57. The molecule has 1 amide bonds. The molecule has 4 rings (SSSR count). The van der Waals surface area contributed by atoms with Gasteiger partial charge in [-0.25, -0.2) is 14.2 Å². The lowest BCUT2D eigenvalue weighted by Crippen LogP contribution is -2.42. The number of aromatic nitrogens is 2. The van der Waals surface area contributed by atoms with E-state index in [1.54, 1.807) is 31.3 Å². The Morgan fingerprint density at radius 2 is 1.93 bits per heavy atom. The number of nitrogens with zero attached hydrogens (tertiary/aromatic N) is 1. The quantitative estimate of drug-likeness (QED) is 0.434. The predicted molar refractivity (Wildman–Crippen MR) is 113 cm³/mol. The van der Waals surface area contributed by atoms with E-state index in [0.29, 0.717) is 16.3 Å². The number of aromatic amines is 1. The number of H-pyrrole nitrogens is 1. The minimum atomic E-state index is -1.13. The molecule has 0 saturated carbocycles. The number of hydrogen-bond acceptors (Lipinski definition) is 4. The van der Waals surface area contributed by atoms with Crippen molar-refractivity contribution in [2.75, 3.05) is 0 Å². The molecule has 2 aromatic carbocycles. The third-order valence-electron chi connectivity index (χ3n) is 4.81. The summed E-state index contributed by atoms with van der Waals surface area (Å²) in [5.74, 6) is -2.11. The van der Waals surface area contributed by atoms with Crippen molar-refractivity contribution in [2.45, 2.75) is 19.4 Å². The second-order valence-electron chi connectivity index (χ2n) is 6.84. The summed E-state index contributed by atoms with van der Waals surface area (Å²) in [6.45, 7) is 1.64. The standard InChI is InChI=1S/C22H18FN3O3S/c1-12-19(30-21(25-12)15-7-2-4-8-16(15)23)20(27)26-18(22(28)29)10-13-11-24-17-9-5-3-6-14(13)17/h2-9,11,18,24H,10H2,1H3,(H,26,27)(H,28,29). The van der Waals surface area contributed by atoms with E-state index in [9.17, 15) is 19.1 Å². The SMILES string of the molecule is Cc1nc(-c2ccccc2F)sc1C(=O)NC(Cc1c[nH]c2ccccc12)C(=O)O. The number of rotatable bonds is 6. The zero-order chi connectivity index (χ0) is 21.3. The number of aryl methyl sites for hydroxylation is 1. The molecule has 1 atom stereocenters. The first-order valence-electron chi connectivity index (χ1n) is 9.25. The first-order chi connectivity index (χ1) is 14.4. The summed E-state index contributed by atoms with van der Waals surface area (Å²) in [7, 11) is 0. The lowest BCUT2D eigenvalue weighted by molar-refractivity contribution is -0.139. The van der Waals surface area contributed by atoms with E-state index < -0.39 is 23.7 Å². The predicted octanol–water partition coefficient (Wildman–Crippen LogP) is 4.16. The van der Waals surface area contributed by atoms with Gasteiger partial charge in [-0.1, -0.05) is 30.3 Å². The molecule has 30 heavy (non-hydrogen) atoms. The Morgan fingerprint density at radius 3 is 2.70 bits per heavy atom. The first kappa shape index (κ1) is 19.8. The molecule has 2 heterocycles. The lowest BCUT2D eigenvalue weighted by Gasteiger charge is -2.13. The van der Waals surface area contributed by atoms with Crippen molar-refractivity contribution < 1.29 is 19.1 Å². The number of para-hydroxylation sites is 1. The fourth-order valence-electron chi connectivity index (χ4n) is 3.30. The number of carbonyl (C=O) groups is 2. The minimum Gasteiger partial charge on any atom is -0.480 e. The van der Waals surface area contributed by atoms with Crippen LogP contribution in [-0.2, 0) is 11.2 Å². The van der Waals surface area contributed by atoms with Crippen LogP contribution in [0.15, 0.2) is 54.7 Å². The third kappa shape index (κ3) is 3.81. The molecule has 1 unspecified atom stereocenters. The normalized spacial score (nSPS) is 12.1. The molecule has 0 radical (unpaired) electrons. The third-order valence-corrected chi connectivity index (χ3v) is 6.00. The van der Waals surface area contributed by atoms with E-state index in [1.165, 1.54) is 6.07 Å². The number of aliphatic carboxylic acids is 1. The van der Waals surface area contributed by atoms with E-state index in [0.717, 1.165) is 27.8 Å². The molecule has 0 aliphatic carbocycles. The summed E-state index contributed by atoms with van der Waals surface area (Å²) >= 11 is 1.04. The maximum atomic E-state index is 14.1. The highest BCUT2D eigenvalue weighted by Crippen LogP contribution is 2.30. The van der Waals surface area contributed by atoms with Crippen molar-refractivity contribution in [2.24, 2.45) is 0 Å². The molecule has 0 saturated heterocycles. The number of halogens is 1. The van der Waals surface area contributed by atoms with Gasteiger partial charge in [0, 0.05) is 29.1 Å². The Bertz CT molecular complexity index is 1250. The van der Waals surface area contributed by atoms with Gasteiger partial charge in [0.1, 0.15) is 21.7 Å². The van der Waals surface area contributed by atoms with Crippen LogP contribution in [0, 0.1) is 12.7 Å². The maximum Gasteiger partial charge on any atom is 0.326 e. The Labute approximate surface area is 175 Å². The average Bonchev–Trinajstić information content (AvgIpc) is 3.31. The van der Waals surface area contributed by atoms with Gasteiger partial charge in [-0.3, -0.25) is 4.79 Å². The Kier molecular flexibility index (Phi) is 5.33. The molecule has 0 aliphatic heterocycles. The molecule has 152 valence electrons. The summed E-state index contributed by atoms with van der Waals surface area (Å²) in [5, 5.41) is 13.5. The molecule has 4 aromatic rings. The average molecular weight is 423 g/mol. The van der Waals surface area contributed by atoms with Gasteiger partial charge in [-0.15, -0.1) is 11.3 Å². The molecule has 2 aromatic heterocycles.